The van der Waals surface area contributed by atoms with E-state index in [0.717, 1.165) is 11.1 Å². The molecule has 0 aliphatic carbocycles. The molecule has 1 atom stereocenters. The van der Waals surface area contributed by atoms with Gasteiger partial charge in [0.1, 0.15) is 0 Å². The quantitative estimate of drug-likeness (QED) is 0.657. The van der Waals surface area contributed by atoms with Crippen LogP contribution in [-0.4, -0.2) is 23.3 Å². The summed E-state index contributed by atoms with van der Waals surface area (Å²) in [7, 11) is -5.65. The van der Waals surface area contributed by atoms with Gasteiger partial charge in [0.05, 0.1) is 11.0 Å². The minimum atomic E-state index is -3.59. The molecule has 0 amide bonds. The van der Waals surface area contributed by atoms with Crippen molar-refractivity contribution >= 4 is 18.3 Å². The van der Waals surface area contributed by atoms with Crippen LogP contribution in [0.25, 0.3) is 0 Å². The van der Waals surface area contributed by atoms with Gasteiger partial charge >= 0.3 is 0 Å². The highest BCUT2D eigenvalue weighted by molar-refractivity contribution is 7.89. The molecule has 1 unspecified atom stereocenters. The van der Waals surface area contributed by atoms with Gasteiger partial charge in [-0.2, -0.15) is 0 Å². The molecule has 6 heteroatoms. The lowest BCUT2D eigenvalue weighted by Gasteiger charge is -2.39. The summed E-state index contributed by atoms with van der Waals surface area (Å²) < 4.78 is 34.7. The van der Waals surface area contributed by atoms with E-state index < -0.39 is 18.3 Å². The number of nitrogens with one attached hydrogen (secondary N) is 1. The Bertz CT molecular complexity index is 841. The normalized spacial score (nSPS) is 14.1. The lowest BCUT2D eigenvalue weighted by molar-refractivity contribution is 0.187. The van der Waals surface area contributed by atoms with Crippen molar-refractivity contribution in [2.75, 3.05) is 6.54 Å². The topological polar surface area (TPSA) is 55.4 Å². The van der Waals surface area contributed by atoms with Crippen LogP contribution >= 0.6 is 0 Å². The molecule has 2 rings (SSSR count). The zero-order chi connectivity index (χ0) is 20.3. The molecule has 0 radical (unpaired) electrons. The summed E-state index contributed by atoms with van der Waals surface area (Å²) in [4.78, 5) is 0.271. The predicted molar refractivity (Wildman–Crippen MR) is 114 cm³/mol. The molecule has 1 N–H and O–H groups in total. The number of aryl methyl sites for hydroxylation is 1. The first kappa shape index (κ1) is 21.8. The summed E-state index contributed by atoms with van der Waals surface area (Å²) in [5.41, 5.74) is 2.01. The van der Waals surface area contributed by atoms with Crippen molar-refractivity contribution in [3.63, 3.8) is 0 Å². The van der Waals surface area contributed by atoms with Crippen LogP contribution < -0.4 is 4.72 Å². The summed E-state index contributed by atoms with van der Waals surface area (Å²) in [6.07, 6.45) is -0.327. The summed E-state index contributed by atoms with van der Waals surface area (Å²) in [6, 6.07) is 16.7. The fourth-order valence-corrected chi connectivity index (χ4v) is 4.73. The van der Waals surface area contributed by atoms with Crippen LogP contribution in [0.2, 0.25) is 18.1 Å². The predicted octanol–water partition coefficient (Wildman–Crippen LogP) is 5.04. The van der Waals surface area contributed by atoms with Gasteiger partial charge in [0.15, 0.2) is 8.32 Å². The number of hydrogen-bond donors (Lipinski definition) is 1. The van der Waals surface area contributed by atoms with Gasteiger partial charge in [-0.25, -0.2) is 13.1 Å². The first-order valence-electron chi connectivity index (χ1n) is 9.21. The van der Waals surface area contributed by atoms with E-state index in [9.17, 15) is 8.42 Å². The Kier molecular flexibility index (Phi) is 6.68. The third kappa shape index (κ3) is 5.75. The maximum atomic E-state index is 12.7. The van der Waals surface area contributed by atoms with E-state index in [2.05, 4.69) is 38.6 Å². The lowest BCUT2D eigenvalue weighted by Crippen LogP contribution is -2.44. The Hall–Kier alpha value is -1.47. The van der Waals surface area contributed by atoms with Crippen molar-refractivity contribution < 1.29 is 12.8 Å². The highest BCUT2D eigenvalue weighted by Gasteiger charge is 2.39. The van der Waals surface area contributed by atoms with Gasteiger partial charge in [0, 0.05) is 6.54 Å². The van der Waals surface area contributed by atoms with Crippen LogP contribution in [0.3, 0.4) is 0 Å². The third-order valence-electron chi connectivity index (χ3n) is 5.20. The Balaban J connectivity index is 2.23. The summed E-state index contributed by atoms with van der Waals surface area (Å²) in [5.74, 6) is 0. The monoisotopic (exact) mass is 405 g/mol. The maximum Gasteiger partial charge on any atom is 0.240 e. The molecule has 0 saturated heterocycles. The smallest absolute Gasteiger partial charge is 0.240 e. The second-order valence-corrected chi connectivity index (χ2v) is 15.0. The molecule has 2 aromatic rings. The van der Waals surface area contributed by atoms with Gasteiger partial charge in [-0.05, 0) is 42.8 Å². The number of sulfonamides is 1. The molecule has 0 heterocycles. The molecular formula is C21H31NO3SSi. The molecule has 27 heavy (non-hydrogen) atoms. The van der Waals surface area contributed by atoms with Crippen molar-refractivity contribution in [2.45, 2.75) is 56.8 Å². The van der Waals surface area contributed by atoms with Crippen LogP contribution in [0.15, 0.2) is 59.5 Å². The van der Waals surface area contributed by atoms with E-state index in [1.165, 1.54) is 0 Å². The molecule has 0 aliphatic rings. The molecule has 0 spiro atoms. The van der Waals surface area contributed by atoms with Gasteiger partial charge in [0.2, 0.25) is 10.0 Å². The average molecular weight is 406 g/mol. The van der Waals surface area contributed by atoms with Crippen LogP contribution in [0.5, 0.6) is 0 Å². The zero-order valence-corrected chi connectivity index (χ0v) is 18.9. The summed E-state index contributed by atoms with van der Waals surface area (Å²) in [5, 5.41) is 0.0376. The minimum Gasteiger partial charge on any atom is -0.409 e. The van der Waals surface area contributed by atoms with Crippen molar-refractivity contribution in [2.24, 2.45) is 0 Å². The summed E-state index contributed by atoms with van der Waals surface area (Å²) >= 11 is 0. The van der Waals surface area contributed by atoms with E-state index >= 15 is 0 Å². The molecule has 0 bridgehead atoms. The van der Waals surface area contributed by atoms with Crippen LogP contribution in [0.1, 0.15) is 38.0 Å². The Morgan fingerprint density at radius 1 is 1.00 bits per heavy atom. The van der Waals surface area contributed by atoms with Gasteiger partial charge < -0.3 is 4.43 Å². The fourth-order valence-electron chi connectivity index (χ4n) is 2.41. The first-order chi connectivity index (χ1) is 12.4. The van der Waals surface area contributed by atoms with E-state index in [4.69, 9.17) is 4.43 Å². The van der Waals surface area contributed by atoms with Crippen LogP contribution in [0, 0.1) is 6.92 Å². The van der Waals surface area contributed by atoms with E-state index in [1.54, 1.807) is 24.3 Å². The Morgan fingerprint density at radius 3 is 2.07 bits per heavy atom. The number of hydrogen-bond acceptors (Lipinski definition) is 3. The van der Waals surface area contributed by atoms with Gasteiger partial charge in [-0.1, -0.05) is 68.8 Å². The largest absolute Gasteiger partial charge is 0.409 e. The molecular weight excluding hydrogens is 374 g/mol. The van der Waals surface area contributed by atoms with E-state index in [0.29, 0.717) is 0 Å². The SMILES string of the molecule is Cc1ccc(S(=O)(=O)NCC(O[Si](C)(C)C(C)(C)C)c2ccccc2)cc1. The summed E-state index contributed by atoms with van der Waals surface area (Å²) in [6.45, 7) is 13.0. The minimum absolute atomic E-state index is 0.0376. The van der Waals surface area contributed by atoms with E-state index in [-0.39, 0.29) is 22.6 Å². The van der Waals surface area contributed by atoms with Crippen LogP contribution in [-0.2, 0) is 14.4 Å². The molecule has 4 nitrogen and oxygen atoms in total. The zero-order valence-electron chi connectivity index (χ0n) is 17.1. The van der Waals surface area contributed by atoms with Gasteiger partial charge in [0.25, 0.3) is 0 Å². The fraction of sp³-hybridized carbons (Fsp3) is 0.429. The second kappa shape index (κ2) is 8.27. The van der Waals surface area contributed by atoms with Gasteiger partial charge in [-0.3, -0.25) is 0 Å². The first-order valence-corrected chi connectivity index (χ1v) is 13.6. The second-order valence-electron chi connectivity index (χ2n) is 8.44. The van der Waals surface area contributed by atoms with Crippen LogP contribution in [0.4, 0.5) is 0 Å². The molecule has 0 aromatic heterocycles. The Morgan fingerprint density at radius 2 is 1.56 bits per heavy atom. The Labute approximate surface area is 165 Å². The standard InChI is InChI=1S/C21H31NO3SSi/c1-17-12-14-19(15-13-17)26(23,24)22-16-20(18-10-8-7-9-11-18)25-27(5,6)21(2,3)4/h7-15,20,22H,16H2,1-6H3. The number of benzene rings is 2. The van der Waals surface area contributed by atoms with Crippen molar-refractivity contribution in [3.8, 4) is 0 Å². The third-order valence-corrected chi connectivity index (χ3v) is 11.1. The molecule has 0 saturated carbocycles. The lowest BCUT2D eigenvalue weighted by atomic mass is 10.1. The van der Waals surface area contributed by atoms with Crippen molar-refractivity contribution in [1.82, 2.24) is 4.72 Å². The highest BCUT2D eigenvalue weighted by atomic mass is 32.2. The molecule has 0 aliphatic heterocycles. The molecule has 148 valence electrons. The average Bonchev–Trinajstić information content (AvgIpc) is 2.59. The van der Waals surface area contributed by atoms with Crippen molar-refractivity contribution in [1.29, 1.82) is 0 Å². The molecule has 2 aromatic carbocycles. The molecule has 0 fully saturated rings. The maximum absolute atomic E-state index is 12.7. The van der Waals surface area contributed by atoms with E-state index in [1.807, 2.05) is 37.3 Å². The number of rotatable bonds is 7. The highest BCUT2D eigenvalue weighted by Crippen LogP contribution is 2.39. The van der Waals surface area contributed by atoms with Crippen molar-refractivity contribution in [3.05, 3.63) is 65.7 Å². The van der Waals surface area contributed by atoms with Gasteiger partial charge in [-0.15, -0.1) is 0 Å².